The van der Waals surface area contributed by atoms with E-state index in [2.05, 4.69) is 32.0 Å². The molecule has 3 aromatic rings. The lowest BCUT2D eigenvalue weighted by Crippen LogP contribution is -2.27. The van der Waals surface area contributed by atoms with Crippen LogP contribution >= 0.6 is 0 Å². The number of aromatic amines is 1. The van der Waals surface area contributed by atoms with Gasteiger partial charge in [-0.25, -0.2) is 4.98 Å². The summed E-state index contributed by atoms with van der Waals surface area (Å²) < 4.78 is 2.36. The molecule has 1 amide bonds. The minimum atomic E-state index is -0.145. The van der Waals surface area contributed by atoms with Crippen LogP contribution in [0.3, 0.4) is 0 Å². The van der Waals surface area contributed by atoms with Crippen molar-refractivity contribution in [3.05, 3.63) is 47.7 Å². The molecule has 2 heterocycles. The summed E-state index contributed by atoms with van der Waals surface area (Å²) in [7, 11) is 0. The second kappa shape index (κ2) is 6.70. The number of amides is 1. The summed E-state index contributed by atoms with van der Waals surface area (Å²) >= 11 is 0. The number of aryl methyl sites for hydroxylation is 1. The highest BCUT2D eigenvalue weighted by atomic mass is 16.1. The molecule has 4 rings (SSSR count). The number of hydrogen-bond donors (Lipinski definition) is 2. The van der Waals surface area contributed by atoms with Gasteiger partial charge in [-0.15, -0.1) is 0 Å². The highest BCUT2D eigenvalue weighted by Gasteiger charge is 2.21. The van der Waals surface area contributed by atoms with E-state index in [1.54, 1.807) is 0 Å². The van der Waals surface area contributed by atoms with Crippen molar-refractivity contribution in [1.29, 1.82) is 0 Å². The van der Waals surface area contributed by atoms with Gasteiger partial charge in [0, 0.05) is 36.3 Å². The number of carbonyl (C=O) groups excluding carboxylic acids is 1. The Labute approximate surface area is 146 Å². The first-order valence-corrected chi connectivity index (χ1v) is 8.98. The van der Waals surface area contributed by atoms with Gasteiger partial charge in [0.15, 0.2) is 5.69 Å². The van der Waals surface area contributed by atoms with Gasteiger partial charge >= 0.3 is 0 Å². The van der Waals surface area contributed by atoms with Crippen LogP contribution in [-0.2, 0) is 6.42 Å². The molecule has 2 aromatic heterocycles. The summed E-state index contributed by atoms with van der Waals surface area (Å²) in [6, 6.07) is 8.23. The van der Waals surface area contributed by atoms with E-state index >= 15 is 0 Å². The molecule has 25 heavy (non-hydrogen) atoms. The Kier molecular flexibility index (Phi) is 4.26. The van der Waals surface area contributed by atoms with Crippen molar-refractivity contribution < 1.29 is 4.79 Å². The number of carbonyl (C=O) groups is 1. The monoisotopic (exact) mass is 337 g/mol. The minimum Gasteiger partial charge on any atom is -0.350 e. The van der Waals surface area contributed by atoms with Crippen molar-refractivity contribution in [2.24, 2.45) is 0 Å². The smallest absolute Gasteiger partial charge is 0.272 e. The molecule has 1 saturated carbocycles. The standard InChI is InChI=1S/C19H23N5O/c1-13-12-21-17(24(13)14-6-2-3-7-14)10-11-20-19(25)18-15-8-4-5-9-16(15)22-23-18/h4-5,8-9,12,14H,2-3,6-7,10-11H2,1H3,(H,20,25)(H,22,23). The second-order valence-corrected chi connectivity index (χ2v) is 6.75. The number of H-pyrrole nitrogens is 1. The second-order valence-electron chi connectivity index (χ2n) is 6.75. The van der Waals surface area contributed by atoms with Gasteiger partial charge in [0.1, 0.15) is 5.82 Å². The topological polar surface area (TPSA) is 75.6 Å². The number of nitrogens with zero attached hydrogens (tertiary/aromatic N) is 3. The SMILES string of the molecule is Cc1cnc(CCNC(=O)c2n[nH]c3ccccc23)n1C1CCCC1. The number of imidazole rings is 1. The van der Waals surface area contributed by atoms with E-state index in [1.165, 1.54) is 31.4 Å². The predicted molar refractivity (Wildman–Crippen MR) is 96.6 cm³/mol. The summed E-state index contributed by atoms with van der Waals surface area (Å²) in [5, 5.41) is 10.9. The molecule has 2 N–H and O–H groups in total. The Balaban J connectivity index is 1.42. The Morgan fingerprint density at radius 2 is 2.12 bits per heavy atom. The van der Waals surface area contributed by atoms with E-state index in [-0.39, 0.29) is 5.91 Å². The van der Waals surface area contributed by atoms with Gasteiger partial charge in [-0.1, -0.05) is 31.0 Å². The van der Waals surface area contributed by atoms with Crippen molar-refractivity contribution in [2.45, 2.75) is 45.1 Å². The lowest BCUT2D eigenvalue weighted by atomic mass is 10.2. The van der Waals surface area contributed by atoms with Crippen molar-refractivity contribution in [1.82, 2.24) is 25.1 Å². The van der Waals surface area contributed by atoms with E-state index in [4.69, 9.17) is 0 Å². The Morgan fingerprint density at radius 3 is 2.96 bits per heavy atom. The van der Waals surface area contributed by atoms with Crippen molar-refractivity contribution in [2.75, 3.05) is 6.54 Å². The lowest BCUT2D eigenvalue weighted by Gasteiger charge is -2.17. The van der Waals surface area contributed by atoms with Gasteiger partial charge in [-0.3, -0.25) is 9.89 Å². The molecule has 0 aliphatic heterocycles. The zero-order valence-corrected chi connectivity index (χ0v) is 14.5. The normalized spacial score (nSPS) is 15.1. The Morgan fingerprint density at radius 1 is 1.32 bits per heavy atom. The molecule has 0 spiro atoms. The number of benzene rings is 1. The molecule has 6 heteroatoms. The summed E-state index contributed by atoms with van der Waals surface area (Å²) in [6.45, 7) is 2.67. The molecule has 0 radical (unpaired) electrons. The van der Waals surface area contributed by atoms with Crippen molar-refractivity contribution >= 4 is 16.8 Å². The third-order valence-corrected chi connectivity index (χ3v) is 5.07. The molecule has 130 valence electrons. The fourth-order valence-electron chi connectivity index (χ4n) is 3.85. The highest BCUT2D eigenvalue weighted by Crippen LogP contribution is 2.31. The van der Waals surface area contributed by atoms with E-state index in [9.17, 15) is 4.79 Å². The molecule has 0 atom stereocenters. The van der Waals surface area contributed by atoms with E-state index < -0.39 is 0 Å². The quantitative estimate of drug-likeness (QED) is 0.751. The van der Waals surface area contributed by atoms with Gasteiger partial charge in [-0.05, 0) is 25.8 Å². The van der Waals surface area contributed by atoms with Crippen LogP contribution in [0.4, 0.5) is 0 Å². The van der Waals surface area contributed by atoms with Crippen LogP contribution in [0, 0.1) is 6.92 Å². The molecule has 1 aliphatic carbocycles. The van der Waals surface area contributed by atoms with Crippen molar-refractivity contribution in [3.63, 3.8) is 0 Å². The van der Waals surface area contributed by atoms with E-state index in [0.29, 0.717) is 18.3 Å². The maximum Gasteiger partial charge on any atom is 0.272 e. The third kappa shape index (κ3) is 3.04. The molecule has 1 fully saturated rings. The molecule has 1 aromatic carbocycles. The summed E-state index contributed by atoms with van der Waals surface area (Å²) in [6.07, 6.45) is 7.73. The number of para-hydroxylation sites is 1. The third-order valence-electron chi connectivity index (χ3n) is 5.07. The highest BCUT2D eigenvalue weighted by molar-refractivity contribution is 6.04. The van der Waals surface area contributed by atoms with Gasteiger partial charge < -0.3 is 9.88 Å². The average Bonchev–Trinajstić information content (AvgIpc) is 3.34. The predicted octanol–water partition coefficient (Wildman–Crippen LogP) is 3.16. The molecule has 0 bridgehead atoms. The Hall–Kier alpha value is -2.63. The van der Waals surface area contributed by atoms with Crippen LogP contribution in [0.25, 0.3) is 10.9 Å². The summed E-state index contributed by atoms with van der Waals surface area (Å²) in [4.78, 5) is 17.0. The van der Waals surface area contributed by atoms with Crippen LogP contribution < -0.4 is 5.32 Å². The molecule has 6 nitrogen and oxygen atoms in total. The van der Waals surface area contributed by atoms with Gasteiger partial charge in [0.05, 0.1) is 5.52 Å². The minimum absolute atomic E-state index is 0.145. The first-order valence-electron chi connectivity index (χ1n) is 8.98. The molecule has 0 unspecified atom stereocenters. The first kappa shape index (κ1) is 15.9. The van der Waals surface area contributed by atoms with Crippen LogP contribution in [0.15, 0.2) is 30.5 Å². The van der Waals surface area contributed by atoms with E-state index in [1.807, 2.05) is 30.5 Å². The number of hydrogen-bond acceptors (Lipinski definition) is 3. The zero-order chi connectivity index (χ0) is 17.2. The maximum atomic E-state index is 12.4. The number of aromatic nitrogens is 4. The largest absolute Gasteiger partial charge is 0.350 e. The first-order chi connectivity index (χ1) is 12.2. The average molecular weight is 337 g/mol. The lowest BCUT2D eigenvalue weighted by molar-refractivity contribution is 0.0950. The van der Waals surface area contributed by atoms with Gasteiger partial charge in [0.25, 0.3) is 5.91 Å². The van der Waals surface area contributed by atoms with Crippen LogP contribution in [0.2, 0.25) is 0 Å². The fraction of sp³-hybridized carbons (Fsp3) is 0.421. The zero-order valence-electron chi connectivity index (χ0n) is 14.5. The molecule has 0 saturated heterocycles. The van der Waals surface area contributed by atoms with Crippen LogP contribution in [-0.4, -0.2) is 32.2 Å². The summed E-state index contributed by atoms with van der Waals surface area (Å²) in [5.74, 6) is 0.921. The maximum absolute atomic E-state index is 12.4. The fourth-order valence-corrected chi connectivity index (χ4v) is 3.85. The van der Waals surface area contributed by atoms with Gasteiger partial charge in [0.2, 0.25) is 0 Å². The van der Waals surface area contributed by atoms with E-state index in [0.717, 1.165) is 23.1 Å². The van der Waals surface area contributed by atoms with Gasteiger partial charge in [-0.2, -0.15) is 5.10 Å². The van der Waals surface area contributed by atoms with Crippen LogP contribution in [0.1, 0.15) is 53.7 Å². The summed E-state index contributed by atoms with van der Waals surface area (Å²) in [5.41, 5.74) is 2.54. The molecular formula is C19H23N5O. The number of fused-ring (bicyclic) bond motifs is 1. The van der Waals surface area contributed by atoms with Crippen molar-refractivity contribution in [3.8, 4) is 0 Å². The molecule has 1 aliphatic rings. The Bertz CT molecular complexity index is 888. The molecular weight excluding hydrogens is 314 g/mol. The number of rotatable bonds is 5. The number of nitrogens with one attached hydrogen (secondary N) is 2. The van der Waals surface area contributed by atoms with Crippen LogP contribution in [0.5, 0.6) is 0 Å².